The number of alkyl halides is 2. The van der Waals surface area contributed by atoms with Crippen LogP contribution in [0.2, 0.25) is 0 Å². The van der Waals surface area contributed by atoms with Crippen molar-refractivity contribution in [2.24, 2.45) is 0 Å². The third-order valence-corrected chi connectivity index (χ3v) is 3.49. The van der Waals surface area contributed by atoms with Crippen LogP contribution in [0, 0.1) is 0 Å². The topological polar surface area (TPSA) is 58.6 Å². The fourth-order valence-corrected chi connectivity index (χ4v) is 2.32. The number of nitrogens with one attached hydrogen (secondary N) is 1. The van der Waals surface area contributed by atoms with Crippen LogP contribution in [0.15, 0.2) is 36.4 Å². The third kappa shape index (κ3) is 3.92. The van der Waals surface area contributed by atoms with E-state index in [4.69, 9.17) is 5.11 Å². The van der Waals surface area contributed by atoms with Gasteiger partial charge in [0.1, 0.15) is 10.6 Å². The molecule has 7 heteroatoms. The molecule has 0 spiro atoms. The summed E-state index contributed by atoms with van der Waals surface area (Å²) in [5.41, 5.74) is 0.733. The zero-order valence-corrected chi connectivity index (χ0v) is 11.0. The fourth-order valence-electron chi connectivity index (χ4n) is 1.53. The molecule has 2 N–H and O–H groups in total. The first-order chi connectivity index (χ1) is 9.54. The number of carbonyl (C=O) groups is 1. The highest BCUT2D eigenvalue weighted by atomic mass is 32.1. The second-order valence-corrected chi connectivity index (χ2v) is 5.00. The minimum atomic E-state index is -2.84. The van der Waals surface area contributed by atoms with E-state index in [1.165, 1.54) is 23.5 Å². The summed E-state index contributed by atoms with van der Waals surface area (Å²) >= 11 is 1.19. The number of rotatable bonds is 6. The summed E-state index contributed by atoms with van der Waals surface area (Å²) in [6.07, 6.45) is 0. The number of hydrogen-bond donors (Lipinski definition) is 2. The van der Waals surface area contributed by atoms with E-state index in [-0.39, 0.29) is 10.6 Å². The van der Waals surface area contributed by atoms with Crippen molar-refractivity contribution in [3.05, 3.63) is 46.2 Å². The Kier molecular flexibility index (Phi) is 4.52. The molecule has 106 valence electrons. The number of ether oxygens (including phenoxy) is 1. The normalized spacial score (nSPS) is 10.6. The van der Waals surface area contributed by atoms with Gasteiger partial charge in [0.2, 0.25) is 0 Å². The van der Waals surface area contributed by atoms with Crippen molar-refractivity contribution >= 4 is 23.0 Å². The molecule has 0 saturated carbocycles. The zero-order valence-electron chi connectivity index (χ0n) is 10.2. The number of benzene rings is 1. The van der Waals surface area contributed by atoms with Gasteiger partial charge in [-0.05, 0) is 36.4 Å². The number of anilines is 1. The Bertz CT molecular complexity index is 584. The van der Waals surface area contributed by atoms with Crippen LogP contribution < -0.4 is 10.1 Å². The molecule has 0 aliphatic heterocycles. The molecule has 4 nitrogen and oxygen atoms in total. The highest BCUT2D eigenvalue weighted by molar-refractivity contribution is 7.13. The van der Waals surface area contributed by atoms with Gasteiger partial charge in [-0.2, -0.15) is 8.78 Å². The summed E-state index contributed by atoms with van der Waals surface area (Å²) in [6.45, 7) is -2.37. The molecule has 1 aromatic carbocycles. The van der Waals surface area contributed by atoms with Crippen molar-refractivity contribution in [1.82, 2.24) is 0 Å². The summed E-state index contributed by atoms with van der Waals surface area (Å²) in [5, 5.41) is 11.9. The first-order valence-corrected chi connectivity index (χ1v) is 6.47. The van der Waals surface area contributed by atoms with Crippen LogP contribution in [0.1, 0.15) is 14.5 Å². The van der Waals surface area contributed by atoms with E-state index in [1.807, 2.05) is 0 Å². The van der Waals surface area contributed by atoms with Crippen molar-refractivity contribution in [3.63, 3.8) is 0 Å². The molecule has 1 heterocycles. The predicted octanol–water partition coefficient (Wildman–Crippen LogP) is 3.66. The van der Waals surface area contributed by atoms with Crippen molar-refractivity contribution in [2.45, 2.75) is 13.2 Å². The molecule has 0 bridgehead atoms. The number of carboxylic acid groups (broad SMARTS) is 1. The number of hydrogen-bond acceptors (Lipinski definition) is 4. The summed E-state index contributed by atoms with van der Waals surface area (Å²) in [5.74, 6) is -0.857. The zero-order chi connectivity index (χ0) is 14.5. The molecule has 0 saturated heterocycles. The van der Waals surface area contributed by atoms with Crippen molar-refractivity contribution in [1.29, 1.82) is 0 Å². The quantitative estimate of drug-likeness (QED) is 0.854. The second-order valence-electron chi connectivity index (χ2n) is 3.83. The Morgan fingerprint density at radius 1 is 1.25 bits per heavy atom. The third-order valence-electron chi connectivity index (χ3n) is 2.42. The molecule has 2 aromatic rings. The van der Waals surface area contributed by atoms with Crippen molar-refractivity contribution < 1.29 is 23.4 Å². The van der Waals surface area contributed by atoms with E-state index in [1.54, 1.807) is 24.3 Å². The Labute approximate surface area is 117 Å². The number of halogens is 2. The molecule has 0 unspecified atom stereocenters. The minimum absolute atomic E-state index is 0.0924. The van der Waals surface area contributed by atoms with Crippen molar-refractivity contribution in [3.8, 4) is 5.75 Å². The molecule has 20 heavy (non-hydrogen) atoms. The average molecular weight is 299 g/mol. The highest BCUT2D eigenvalue weighted by Gasteiger charge is 2.07. The fraction of sp³-hybridized carbons (Fsp3) is 0.154. The lowest BCUT2D eigenvalue weighted by Gasteiger charge is -2.07. The molecule has 0 aliphatic rings. The van der Waals surface area contributed by atoms with Crippen LogP contribution in [-0.2, 0) is 6.54 Å². The Hall–Kier alpha value is -2.15. The summed E-state index contributed by atoms with van der Waals surface area (Å²) in [6, 6.07) is 9.38. The summed E-state index contributed by atoms with van der Waals surface area (Å²) in [7, 11) is 0. The molecule has 2 rings (SSSR count). The molecular formula is C13H11F2NO3S. The lowest BCUT2D eigenvalue weighted by atomic mass is 10.3. The maximum absolute atomic E-state index is 12.0. The average Bonchev–Trinajstić information content (AvgIpc) is 2.86. The van der Waals surface area contributed by atoms with Crippen LogP contribution in [0.5, 0.6) is 5.75 Å². The lowest BCUT2D eigenvalue weighted by Crippen LogP contribution is -2.02. The van der Waals surface area contributed by atoms with Gasteiger partial charge in [-0.3, -0.25) is 0 Å². The van der Waals surface area contributed by atoms with E-state index in [9.17, 15) is 13.6 Å². The van der Waals surface area contributed by atoms with Crippen LogP contribution in [0.3, 0.4) is 0 Å². The standard InChI is InChI=1S/C13H11F2NO3S/c14-13(15)19-9-3-1-8(2-4-9)16-7-10-5-6-11(20-10)12(17)18/h1-6,13,16H,7H2,(H,17,18). The smallest absolute Gasteiger partial charge is 0.387 e. The summed E-state index contributed by atoms with van der Waals surface area (Å²) in [4.78, 5) is 11.9. The van der Waals surface area contributed by atoms with Gasteiger partial charge in [0.05, 0.1) is 0 Å². The lowest BCUT2D eigenvalue weighted by molar-refractivity contribution is -0.0498. The number of aromatic carboxylic acids is 1. The molecule has 0 radical (unpaired) electrons. The van der Waals surface area contributed by atoms with Gasteiger partial charge in [0, 0.05) is 17.1 Å². The predicted molar refractivity (Wildman–Crippen MR) is 71.7 cm³/mol. The van der Waals surface area contributed by atoms with E-state index >= 15 is 0 Å². The van der Waals surface area contributed by atoms with Crippen LogP contribution in [-0.4, -0.2) is 17.7 Å². The number of thiophene rings is 1. The van der Waals surface area contributed by atoms with Crippen molar-refractivity contribution in [2.75, 3.05) is 5.32 Å². The minimum Gasteiger partial charge on any atom is -0.477 e. The Morgan fingerprint density at radius 3 is 2.50 bits per heavy atom. The molecule has 0 fully saturated rings. The van der Waals surface area contributed by atoms with Gasteiger partial charge >= 0.3 is 12.6 Å². The molecule has 0 atom stereocenters. The van der Waals surface area contributed by atoms with Crippen LogP contribution >= 0.6 is 11.3 Å². The maximum atomic E-state index is 12.0. The first-order valence-electron chi connectivity index (χ1n) is 5.65. The van der Waals surface area contributed by atoms with E-state index in [0.717, 1.165) is 10.6 Å². The monoisotopic (exact) mass is 299 g/mol. The molecule has 1 aromatic heterocycles. The molecule has 0 aliphatic carbocycles. The van der Waals surface area contributed by atoms with Crippen LogP contribution in [0.4, 0.5) is 14.5 Å². The van der Waals surface area contributed by atoms with Gasteiger partial charge in [-0.25, -0.2) is 4.79 Å². The Morgan fingerprint density at radius 2 is 1.95 bits per heavy atom. The maximum Gasteiger partial charge on any atom is 0.387 e. The van der Waals surface area contributed by atoms with Gasteiger partial charge in [0.25, 0.3) is 0 Å². The molecule has 0 amide bonds. The Balaban J connectivity index is 1.91. The van der Waals surface area contributed by atoms with Gasteiger partial charge in [-0.15, -0.1) is 11.3 Å². The SMILES string of the molecule is O=C(O)c1ccc(CNc2ccc(OC(F)F)cc2)s1. The van der Waals surface area contributed by atoms with Gasteiger partial charge in [-0.1, -0.05) is 0 Å². The van der Waals surface area contributed by atoms with E-state index in [0.29, 0.717) is 6.54 Å². The second kappa shape index (κ2) is 6.33. The van der Waals surface area contributed by atoms with E-state index in [2.05, 4.69) is 10.1 Å². The van der Waals surface area contributed by atoms with E-state index < -0.39 is 12.6 Å². The summed E-state index contributed by atoms with van der Waals surface area (Å²) < 4.78 is 28.2. The largest absolute Gasteiger partial charge is 0.477 e. The number of carboxylic acids is 1. The van der Waals surface area contributed by atoms with Gasteiger partial charge in [0.15, 0.2) is 0 Å². The van der Waals surface area contributed by atoms with Gasteiger partial charge < -0.3 is 15.2 Å². The molecular weight excluding hydrogens is 288 g/mol. The highest BCUT2D eigenvalue weighted by Crippen LogP contribution is 2.20. The van der Waals surface area contributed by atoms with Crippen LogP contribution in [0.25, 0.3) is 0 Å². The first kappa shape index (κ1) is 14.3.